The molecule has 10 heteroatoms. The van der Waals surface area contributed by atoms with Crippen LogP contribution in [0.2, 0.25) is 0 Å². The number of benzene rings is 1. The van der Waals surface area contributed by atoms with E-state index >= 15 is 0 Å². The molecule has 1 aromatic carbocycles. The van der Waals surface area contributed by atoms with Gasteiger partial charge in [0.2, 0.25) is 17.2 Å². The summed E-state index contributed by atoms with van der Waals surface area (Å²) in [6.07, 6.45) is 1.44. The Hall–Kier alpha value is -1.04. The van der Waals surface area contributed by atoms with Crippen molar-refractivity contribution in [1.29, 1.82) is 0 Å². The first kappa shape index (κ1) is 11.6. The molecule has 3 atom stereocenters. The molecule has 5 rings (SSSR count). The summed E-state index contributed by atoms with van der Waals surface area (Å²) in [7, 11) is -3.26. The minimum absolute atomic E-state index is 0.259. The highest BCUT2D eigenvalue weighted by molar-refractivity contribution is 7.43. The lowest BCUT2D eigenvalue weighted by Crippen LogP contribution is -2.10. The molecular weight excluding hydrogens is 310 g/mol. The van der Waals surface area contributed by atoms with E-state index in [-0.39, 0.29) is 6.10 Å². The van der Waals surface area contributed by atoms with Crippen LogP contribution in [0.1, 0.15) is 31.4 Å². The Balaban J connectivity index is 1.81. The molecule has 0 N–H and O–H groups in total. The summed E-state index contributed by atoms with van der Waals surface area (Å²) in [6, 6.07) is 0. The maximum absolute atomic E-state index is 5.75. The first-order valence-electron chi connectivity index (χ1n) is 6.09. The van der Waals surface area contributed by atoms with Crippen LogP contribution in [0, 0.1) is 0 Å². The van der Waals surface area contributed by atoms with Gasteiger partial charge in [-0.15, -0.1) is 9.35 Å². The van der Waals surface area contributed by atoms with Crippen LogP contribution >= 0.6 is 17.2 Å². The molecule has 20 heavy (non-hydrogen) atoms. The summed E-state index contributed by atoms with van der Waals surface area (Å²) in [5.74, 6) is 2.15. The van der Waals surface area contributed by atoms with E-state index in [1.165, 1.54) is 0 Å². The topological polar surface area (TPSA) is 73.8 Å². The fourth-order valence-corrected chi connectivity index (χ4v) is 4.30. The van der Waals surface area contributed by atoms with Crippen molar-refractivity contribution < 1.29 is 37.2 Å². The molecule has 106 valence electrons. The maximum atomic E-state index is 5.75. The van der Waals surface area contributed by atoms with Crippen molar-refractivity contribution in [1.82, 2.24) is 0 Å². The Kier molecular flexibility index (Phi) is 2.32. The van der Waals surface area contributed by atoms with Crippen molar-refractivity contribution in [3.63, 3.8) is 0 Å². The molecule has 0 amide bonds. The molecule has 0 aliphatic carbocycles. The van der Waals surface area contributed by atoms with E-state index in [0.717, 1.165) is 18.4 Å². The minimum atomic E-state index is -1.77. The van der Waals surface area contributed by atoms with Gasteiger partial charge in [0.25, 0.3) is 5.75 Å². The van der Waals surface area contributed by atoms with Crippen LogP contribution in [0.3, 0.4) is 0 Å². The SMILES string of the molecule is CCCC1OP2OOc3c4c5c(c1c3OP(O4)O5)OO2. The number of rotatable bonds is 2. The first-order chi connectivity index (χ1) is 9.85. The second-order valence-electron chi connectivity index (χ2n) is 4.48. The largest absolute Gasteiger partial charge is 0.530 e. The summed E-state index contributed by atoms with van der Waals surface area (Å²) < 4.78 is 32.8. The normalized spacial score (nSPS) is 30.6. The Morgan fingerprint density at radius 1 is 0.850 bits per heavy atom. The van der Waals surface area contributed by atoms with Crippen LogP contribution in [0.15, 0.2) is 0 Å². The standard InChI is InChI=1S/C10H8O8P2/c1-2-3-4-5-6-9-10-8(7(5)14-19(15-9)16-10)12-18-20(13-4)17-11-6/h4H,2-3H2,1H3. The first-order valence-corrected chi connectivity index (χ1v) is 8.28. The highest BCUT2D eigenvalue weighted by atomic mass is 31.2. The lowest BCUT2D eigenvalue weighted by Gasteiger charge is -2.25. The van der Waals surface area contributed by atoms with Gasteiger partial charge in [-0.25, -0.2) is 0 Å². The Labute approximate surface area is 115 Å². The van der Waals surface area contributed by atoms with Crippen molar-refractivity contribution in [2.45, 2.75) is 25.9 Å². The molecule has 4 aliphatic rings. The Morgan fingerprint density at radius 2 is 1.55 bits per heavy atom. The molecule has 4 heterocycles. The van der Waals surface area contributed by atoms with Gasteiger partial charge in [-0.1, -0.05) is 13.3 Å². The van der Waals surface area contributed by atoms with Crippen LogP contribution < -0.4 is 23.3 Å². The van der Waals surface area contributed by atoms with Gasteiger partial charge in [-0.2, -0.15) is 0 Å². The third-order valence-electron chi connectivity index (χ3n) is 3.26. The van der Waals surface area contributed by atoms with Gasteiger partial charge in [0.15, 0.2) is 5.75 Å². The average molecular weight is 318 g/mol. The second-order valence-corrected chi connectivity index (χ2v) is 6.43. The molecule has 8 nitrogen and oxygen atoms in total. The summed E-state index contributed by atoms with van der Waals surface area (Å²) in [6.45, 7) is 2.07. The Bertz CT molecular complexity index is 608. The van der Waals surface area contributed by atoms with Gasteiger partial charge in [-0.05, 0) is 6.42 Å². The molecule has 0 saturated heterocycles. The molecule has 0 saturated carbocycles. The van der Waals surface area contributed by atoms with E-state index in [4.69, 9.17) is 37.2 Å². The van der Waals surface area contributed by atoms with Crippen molar-refractivity contribution in [3.05, 3.63) is 5.56 Å². The summed E-state index contributed by atoms with van der Waals surface area (Å²) >= 11 is 0. The van der Waals surface area contributed by atoms with E-state index in [9.17, 15) is 0 Å². The van der Waals surface area contributed by atoms with Gasteiger partial charge in [0, 0.05) is 0 Å². The number of hydrogen-bond donors (Lipinski definition) is 0. The lowest BCUT2D eigenvalue weighted by molar-refractivity contribution is -0.174. The highest BCUT2D eigenvalue weighted by Gasteiger charge is 2.52. The van der Waals surface area contributed by atoms with Crippen LogP contribution in [0.25, 0.3) is 0 Å². The molecule has 0 aromatic heterocycles. The summed E-state index contributed by atoms with van der Waals surface area (Å²) in [5, 5.41) is 0. The van der Waals surface area contributed by atoms with E-state index < -0.39 is 17.2 Å². The molecule has 0 radical (unpaired) electrons. The van der Waals surface area contributed by atoms with E-state index in [0.29, 0.717) is 28.7 Å². The fourth-order valence-electron chi connectivity index (χ4n) is 2.44. The zero-order chi connectivity index (χ0) is 13.3. The molecule has 6 bridgehead atoms. The summed E-state index contributed by atoms with van der Waals surface area (Å²) in [5.41, 5.74) is 0.738. The van der Waals surface area contributed by atoms with Crippen molar-refractivity contribution in [2.24, 2.45) is 0 Å². The number of fused-ring (bicyclic) bond motifs is 4. The lowest BCUT2D eigenvalue weighted by atomic mass is 10.0. The van der Waals surface area contributed by atoms with Crippen LogP contribution in [0.4, 0.5) is 0 Å². The summed E-state index contributed by atoms with van der Waals surface area (Å²) in [4.78, 5) is 10.6. The van der Waals surface area contributed by atoms with E-state index in [1.807, 2.05) is 0 Å². The van der Waals surface area contributed by atoms with Crippen LogP contribution in [-0.4, -0.2) is 0 Å². The predicted octanol–water partition coefficient (Wildman–Crippen LogP) is 3.81. The molecule has 0 spiro atoms. The number of hydrogen-bond acceptors (Lipinski definition) is 8. The van der Waals surface area contributed by atoms with Crippen molar-refractivity contribution in [3.8, 4) is 28.7 Å². The van der Waals surface area contributed by atoms with Gasteiger partial charge in [0.1, 0.15) is 0 Å². The van der Waals surface area contributed by atoms with Gasteiger partial charge >= 0.3 is 17.2 Å². The van der Waals surface area contributed by atoms with Crippen LogP contribution in [-0.2, 0) is 13.9 Å². The van der Waals surface area contributed by atoms with Gasteiger partial charge in [-0.3, -0.25) is 4.52 Å². The quantitative estimate of drug-likeness (QED) is 0.602. The second kappa shape index (κ2) is 4.00. The molecule has 0 fully saturated rings. The third kappa shape index (κ3) is 1.38. The zero-order valence-electron chi connectivity index (χ0n) is 10.2. The van der Waals surface area contributed by atoms with Gasteiger partial charge in [0.05, 0.1) is 11.7 Å². The minimum Gasteiger partial charge on any atom is -0.404 e. The maximum Gasteiger partial charge on any atom is 0.530 e. The molecule has 3 unspecified atom stereocenters. The smallest absolute Gasteiger partial charge is 0.404 e. The fraction of sp³-hybridized carbons (Fsp3) is 0.400. The Morgan fingerprint density at radius 3 is 2.35 bits per heavy atom. The predicted molar refractivity (Wildman–Crippen MR) is 64.3 cm³/mol. The highest BCUT2D eigenvalue weighted by Crippen LogP contribution is 2.73. The van der Waals surface area contributed by atoms with Crippen LogP contribution in [0.5, 0.6) is 28.7 Å². The zero-order valence-corrected chi connectivity index (χ0v) is 11.9. The monoisotopic (exact) mass is 318 g/mol. The molecule has 4 aliphatic heterocycles. The van der Waals surface area contributed by atoms with Crippen molar-refractivity contribution in [2.75, 3.05) is 0 Å². The van der Waals surface area contributed by atoms with E-state index in [1.54, 1.807) is 0 Å². The van der Waals surface area contributed by atoms with Gasteiger partial charge < -0.3 is 23.3 Å². The van der Waals surface area contributed by atoms with E-state index in [2.05, 4.69) is 6.92 Å². The third-order valence-corrected chi connectivity index (χ3v) is 5.07. The average Bonchev–Trinajstić information content (AvgIpc) is 2.65. The molecule has 1 aromatic rings. The van der Waals surface area contributed by atoms with Crippen molar-refractivity contribution >= 4 is 17.2 Å². The molecular formula is C10H8O8P2.